The molecule has 2 atom stereocenters. The van der Waals surface area contributed by atoms with Crippen LogP contribution in [0.1, 0.15) is 13.3 Å². The monoisotopic (exact) mass is 352 g/mol. The normalized spacial score (nSPS) is 21.0. The Labute approximate surface area is 140 Å². The molecule has 0 aromatic heterocycles. The van der Waals surface area contributed by atoms with E-state index in [9.17, 15) is 4.79 Å². The van der Waals surface area contributed by atoms with Gasteiger partial charge in [-0.05, 0) is 37.9 Å². The smallest absolute Gasteiger partial charge is 0.260 e. The quantitative estimate of drug-likeness (QED) is 0.905. The molecule has 0 spiro atoms. The van der Waals surface area contributed by atoms with E-state index in [2.05, 4.69) is 0 Å². The van der Waals surface area contributed by atoms with Gasteiger partial charge in [-0.1, -0.05) is 23.2 Å². The SMILES string of the molecule is CC1CC(CN)CN1C(=O)COc1ccc(Cl)c(Cl)c1.Cl. The Hall–Kier alpha value is -0.680. The summed E-state index contributed by atoms with van der Waals surface area (Å²) in [7, 11) is 0. The lowest BCUT2D eigenvalue weighted by molar-refractivity contribution is -0.134. The molecule has 0 radical (unpaired) electrons. The van der Waals surface area contributed by atoms with Gasteiger partial charge in [0.05, 0.1) is 10.0 Å². The zero-order valence-corrected chi connectivity index (χ0v) is 14.0. The van der Waals surface area contributed by atoms with E-state index in [-0.39, 0.29) is 31.0 Å². The molecule has 1 aliphatic heterocycles. The molecule has 7 heteroatoms. The van der Waals surface area contributed by atoms with E-state index in [1.807, 2.05) is 11.8 Å². The topological polar surface area (TPSA) is 55.6 Å². The molecule has 0 aliphatic carbocycles. The number of likely N-dealkylation sites (tertiary alicyclic amines) is 1. The van der Waals surface area contributed by atoms with Crippen molar-refractivity contribution in [3.05, 3.63) is 28.2 Å². The van der Waals surface area contributed by atoms with E-state index in [4.69, 9.17) is 33.7 Å². The molecule has 2 rings (SSSR count). The highest BCUT2D eigenvalue weighted by Gasteiger charge is 2.31. The van der Waals surface area contributed by atoms with Crippen LogP contribution in [0, 0.1) is 5.92 Å². The van der Waals surface area contributed by atoms with Gasteiger partial charge in [0.25, 0.3) is 5.91 Å². The van der Waals surface area contributed by atoms with Crippen LogP contribution in [0.3, 0.4) is 0 Å². The van der Waals surface area contributed by atoms with Crippen LogP contribution in [0.5, 0.6) is 5.75 Å². The molecule has 1 aliphatic rings. The molecule has 0 saturated carbocycles. The molecule has 1 fully saturated rings. The van der Waals surface area contributed by atoms with E-state index in [0.29, 0.717) is 34.8 Å². The fraction of sp³-hybridized carbons (Fsp3) is 0.500. The fourth-order valence-corrected chi connectivity index (χ4v) is 2.74. The number of nitrogens with zero attached hydrogens (tertiary/aromatic N) is 1. The molecule has 2 N–H and O–H groups in total. The molecule has 1 aromatic carbocycles. The van der Waals surface area contributed by atoms with Crippen LogP contribution in [-0.4, -0.2) is 36.5 Å². The van der Waals surface area contributed by atoms with Gasteiger partial charge in [-0.3, -0.25) is 4.79 Å². The summed E-state index contributed by atoms with van der Waals surface area (Å²) >= 11 is 11.7. The summed E-state index contributed by atoms with van der Waals surface area (Å²) in [4.78, 5) is 14.0. The summed E-state index contributed by atoms with van der Waals surface area (Å²) in [6.45, 7) is 3.36. The number of rotatable bonds is 4. The number of carbonyl (C=O) groups is 1. The van der Waals surface area contributed by atoms with E-state index in [1.165, 1.54) is 0 Å². The van der Waals surface area contributed by atoms with Gasteiger partial charge in [-0.15, -0.1) is 12.4 Å². The number of benzene rings is 1. The molecule has 4 nitrogen and oxygen atoms in total. The van der Waals surface area contributed by atoms with Crippen LogP contribution in [0.25, 0.3) is 0 Å². The molecule has 2 unspecified atom stereocenters. The third-order valence-electron chi connectivity index (χ3n) is 3.57. The Bertz CT molecular complexity index is 499. The predicted octanol–water partition coefficient (Wildman–Crippen LogP) is 2.99. The first kappa shape index (κ1) is 18.4. The third-order valence-corrected chi connectivity index (χ3v) is 4.31. The average molecular weight is 354 g/mol. The highest BCUT2D eigenvalue weighted by Crippen LogP contribution is 2.27. The van der Waals surface area contributed by atoms with Gasteiger partial charge >= 0.3 is 0 Å². The average Bonchev–Trinajstić information content (AvgIpc) is 2.81. The first-order chi connectivity index (χ1) is 9.51. The van der Waals surface area contributed by atoms with E-state index >= 15 is 0 Å². The molecule has 21 heavy (non-hydrogen) atoms. The van der Waals surface area contributed by atoms with Crippen molar-refractivity contribution in [3.63, 3.8) is 0 Å². The van der Waals surface area contributed by atoms with E-state index < -0.39 is 0 Å². The van der Waals surface area contributed by atoms with Crippen LogP contribution >= 0.6 is 35.6 Å². The van der Waals surface area contributed by atoms with Gasteiger partial charge in [-0.25, -0.2) is 0 Å². The summed E-state index contributed by atoms with van der Waals surface area (Å²) in [6.07, 6.45) is 0.953. The van der Waals surface area contributed by atoms with Crippen molar-refractivity contribution in [2.45, 2.75) is 19.4 Å². The van der Waals surface area contributed by atoms with Crippen molar-refractivity contribution in [2.24, 2.45) is 11.7 Å². The minimum Gasteiger partial charge on any atom is -0.484 e. The standard InChI is InChI=1S/C14H18Cl2N2O2.ClH/c1-9-4-10(6-17)7-18(9)14(19)8-20-11-2-3-12(15)13(16)5-11;/h2-3,5,9-10H,4,6-8,17H2,1H3;1H. The maximum atomic E-state index is 12.1. The molecular formula is C14H19Cl3N2O2. The Morgan fingerprint density at radius 1 is 1.43 bits per heavy atom. The maximum absolute atomic E-state index is 12.1. The Morgan fingerprint density at radius 3 is 2.71 bits per heavy atom. The van der Waals surface area contributed by atoms with E-state index in [0.717, 1.165) is 6.42 Å². The summed E-state index contributed by atoms with van der Waals surface area (Å²) in [5.41, 5.74) is 5.66. The minimum absolute atomic E-state index is 0. The van der Waals surface area contributed by atoms with Crippen molar-refractivity contribution < 1.29 is 9.53 Å². The predicted molar refractivity (Wildman–Crippen MR) is 87.5 cm³/mol. The summed E-state index contributed by atoms with van der Waals surface area (Å²) in [5, 5.41) is 0.874. The Kier molecular flexibility index (Phi) is 7.07. The number of amides is 1. The largest absolute Gasteiger partial charge is 0.484 e. The molecular weight excluding hydrogens is 335 g/mol. The highest BCUT2D eigenvalue weighted by atomic mass is 35.5. The zero-order chi connectivity index (χ0) is 14.7. The number of hydrogen-bond acceptors (Lipinski definition) is 3. The number of carbonyl (C=O) groups excluding carboxylic acids is 1. The summed E-state index contributed by atoms with van der Waals surface area (Å²) in [5.74, 6) is 0.897. The van der Waals surface area contributed by atoms with Gasteiger partial charge in [0.15, 0.2) is 6.61 Å². The maximum Gasteiger partial charge on any atom is 0.260 e. The third kappa shape index (κ3) is 4.65. The van der Waals surface area contributed by atoms with Crippen LogP contribution in [0.15, 0.2) is 18.2 Å². The van der Waals surface area contributed by atoms with Gasteiger partial charge in [0.1, 0.15) is 5.75 Å². The lowest BCUT2D eigenvalue weighted by Gasteiger charge is -2.21. The van der Waals surface area contributed by atoms with E-state index in [1.54, 1.807) is 18.2 Å². The minimum atomic E-state index is -0.0282. The van der Waals surface area contributed by atoms with Crippen LogP contribution in [-0.2, 0) is 4.79 Å². The zero-order valence-electron chi connectivity index (χ0n) is 11.7. The molecule has 1 heterocycles. The number of nitrogens with two attached hydrogens (primary N) is 1. The van der Waals surface area contributed by atoms with Crippen molar-refractivity contribution in [2.75, 3.05) is 19.7 Å². The van der Waals surface area contributed by atoms with Gasteiger partial charge < -0.3 is 15.4 Å². The number of ether oxygens (including phenoxy) is 1. The first-order valence-corrected chi connectivity index (χ1v) is 7.34. The molecule has 1 aromatic rings. The van der Waals surface area contributed by atoms with Gasteiger partial charge in [-0.2, -0.15) is 0 Å². The Morgan fingerprint density at radius 2 is 2.14 bits per heavy atom. The van der Waals surface area contributed by atoms with Crippen molar-refractivity contribution in [1.82, 2.24) is 4.90 Å². The van der Waals surface area contributed by atoms with Crippen molar-refractivity contribution in [1.29, 1.82) is 0 Å². The molecule has 1 amide bonds. The number of halogens is 3. The second-order valence-electron chi connectivity index (χ2n) is 5.10. The van der Waals surface area contributed by atoms with Crippen LogP contribution < -0.4 is 10.5 Å². The van der Waals surface area contributed by atoms with Crippen LogP contribution in [0.2, 0.25) is 10.0 Å². The molecule has 118 valence electrons. The highest BCUT2D eigenvalue weighted by molar-refractivity contribution is 6.42. The summed E-state index contributed by atoms with van der Waals surface area (Å²) in [6, 6.07) is 5.16. The lowest BCUT2D eigenvalue weighted by Crippen LogP contribution is -2.37. The number of hydrogen-bond donors (Lipinski definition) is 1. The van der Waals surface area contributed by atoms with Crippen LogP contribution in [0.4, 0.5) is 0 Å². The van der Waals surface area contributed by atoms with Gasteiger partial charge in [0, 0.05) is 18.7 Å². The Balaban J connectivity index is 0.00000220. The molecule has 0 bridgehead atoms. The van der Waals surface area contributed by atoms with Crippen molar-refractivity contribution >= 4 is 41.5 Å². The second-order valence-corrected chi connectivity index (χ2v) is 5.91. The first-order valence-electron chi connectivity index (χ1n) is 6.58. The molecule has 1 saturated heterocycles. The summed E-state index contributed by atoms with van der Waals surface area (Å²) < 4.78 is 5.47. The second kappa shape index (κ2) is 8.08. The lowest BCUT2D eigenvalue weighted by atomic mass is 10.1. The van der Waals surface area contributed by atoms with Crippen molar-refractivity contribution in [3.8, 4) is 5.75 Å². The van der Waals surface area contributed by atoms with Gasteiger partial charge in [0.2, 0.25) is 0 Å². The fourth-order valence-electron chi connectivity index (χ4n) is 2.46.